The summed E-state index contributed by atoms with van der Waals surface area (Å²) in [6, 6.07) is 5.48. The van der Waals surface area contributed by atoms with Crippen molar-refractivity contribution in [3.63, 3.8) is 0 Å². The van der Waals surface area contributed by atoms with Crippen LogP contribution in [0.3, 0.4) is 0 Å². The van der Waals surface area contributed by atoms with Gasteiger partial charge in [0.25, 0.3) is 0 Å². The van der Waals surface area contributed by atoms with Crippen molar-refractivity contribution in [3.8, 4) is 0 Å². The van der Waals surface area contributed by atoms with E-state index in [0.717, 1.165) is 15.4 Å². The maximum absolute atomic E-state index is 12.9. The van der Waals surface area contributed by atoms with Crippen LogP contribution in [-0.2, 0) is 12.6 Å². The number of thiophene rings is 1. The molecule has 0 aliphatic rings. The van der Waals surface area contributed by atoms with Crippen molar-refractivity contribution in [1.82, 2.24) is 5.32 Å². The fraction of sp³-hybridized carbons (Fsp3) is 0.286. The molecule has 0 bridgehead atoms. The van der Waals surface area contributed by atoms with Gasteiger partial charge in [-0.1, -0.05) is 15.9 Å². The minimum Gasteiger partial charge on any atom is -0.313 e. The van der Waals surface area contributed by atoms with Gasteiger partial charge >= 0.3 is 6.18 Å². The summed E-state index contributed by atoms with van der Waals surface area (Å²) < 4.78 is 40.3. The predicted molar refractivity (Wildman–Crippen MR) is 86.7 cm³/mol. The van der Waals surface area contributed by atoms with Crippen LogP contribution in [0.25, 0.3) is 0 Å². The largest absolute Gasteiger partial charge is 0.416 e. The van der Waals surface area contributed by atoms with E-state index >= 15 is 0 Å². The number of rotatable bonds is 4. The van der Waals surface area contributed by atoms with Gasteiger partial charge in [-0.05, 0) is 58.2 Å². The van der Waals surface area contributed by atoms with E-state index in [1.54, 1.807) is 18.4 Å². The van der Waals surface area contributed by atoms with E-state index < -0.39 is 11.7 Å². The van der Waals surface area contributed by atoms with Crippen molar-refractivity contribution in [1.29, 1.82) is 0 Å². The van der Waals surface area contributed by atoms with Crippen molar-refractivity contribution >= 4 is 43.2 Å². The summed E-state index contributed by atoms with van der Waals surface area (Å²) in [6.45, 7) is 0. The Morgan fingerprint density at radius 2 is 1.90 bits per heavy atom. The fourth-order valence-corrected chi connectivity index (χ4v) is 4.10. The fourth-order valence-electron chi connectivity index (χ4n) is 2.01. The number of hydrogen-bond acceptors (Lipinski definition) is 2. The first-order valence-corrected chi connectivity index (χ1v) is 8.55. The molecule has 1 heterocycles. The lowest BCUT2D eigenvalue weighted by Crippen LogP contribution is -2.20. The molecule has 1 aromatic carbocycles. The number of nitrogens with one attached hydrogen (secondary N) is 1. The first-order chi connectivity index (χ1) is 9.82. The molecule has 0 saturated heterocycles. The van der Waals surface area contributed by atoms with E-state index in [1.165, 1.54) is 12.1 Å². The number of likely N-dealkylation sites (N-methyl/N-ethyl adjacent to an activating group) is 1. The van der Waals surface area contributed by atoms with Crippen molar-refractivity contribution in [2.75, 3.05) is 7.05 Å². The van der Waals surface area contributed by atoms with Crippen LogP contribution < -0.4 is 5.32 Å². The Morgan fingerprint density at radius 3 is 2.43 bits per heavy atom. The van der Waals surface area contributed by atoms with E-state index in [0.29, 0.717) is 16.5 Å². The quantitative estimate of drug-likeness (QED) is 0.631. The first-order valence-electron chi connectivity index (χ1n) is 6.08. The Labute approximate surface area is 141 Å². The Morgan fingerprint density at radius 1 is 1.19 bits per heavy atom. The summed E-state index contributed by atoms with van der Waals surface area (Å²) >= 11 is 8.38. The lowest BCUT2D eigenvalue weighted by atomic mass is 10.0. The Hall–Kier alpha value is -0.370. The minimum atomic E-state index is -4.34. The van der Waals surface area contributed by atoms with Gasteiger partial charge in [-0.25, -0.2) is 0 Å². The summed E-state index contributed by atoms with van der Waals surface area (Å²) in [5.74, 6) is 0. The highest BCUT2D eigenvalue weighted by molar-refractivity contribution is 9.10. The second-order valence-corrected chi connectivity index (χ2v) is 7.18. The predicted octanol–water partition coefficient (Wildman–Crippen LogP) is 5.80. The summed E-state index contributed by atoms with van der Waals surface area (Å²) in [4.78, 5) is 1.10. The van der Waals surface area contributed by atoms with Crippen LogP contribution >= 0.6 is 43.2 Å². The number of halogens is 5. The maximum Gasteiger partial charge on any atom is 0.416 e. The monoisotopic (exact) mass is 441 g/mol. The zero-order chi connectivity index (χ0) is 15.6. The number of benzene rings is 1. The highest BCUT2D eigenvalue weighted by Gasteiger charge is 2.31. The summed E-state index contributed by atoms with van der Waals surface area (Å²) in [5.41, 5.74) is -0.0289. The summed E-state index contributed by atoms with van der Waals surface area (Å²) in [7, 11) is 1.75. The van der Waals surface area contributed by atoms with Crippen molar-refractivity contribution in [2.24, 2.45) is 0 Å². The smallest absolute Gasteiger partial charge is 0.313 e. The minimum absolute atomic E-state index is 0.198. The van der Waals surface area contributed by atoms with E-state index in [-0.39, 0.29) is 6.04 Å². The molecule has 0 fully saturated rings. The van der Waals surface area contributed by atoms with Gasteiger partial charge in [0, 0.05) is 26.3 Å². The Bertz CT molecular complexity index is 625. The second kappa shape index (κ2) is 6.81. The van der Waals surface area contributed by atoms with Crippen molar-refractivity contribution < 1.29 is 13.2 Å². The maximum atomic E-state index is 12.9. The standard InChI is InChI=1S/C14H12Br2F3NS/c1-20-12(7-13-11(16)4-5-21-13)9-6-8(14(17,18)19)2-3-10(9)15/h2-6,12,20H,7H2,1H3. The van der Waals surface area contributed by atoms with Crippen LogP contribution in [0.5, 0.6) is 0 Å². The Balaban J connectivity index is 2.35. The SMILES string of the molecule is CNC(Cc1sccc1Br)c1cc(C(F)(F)F)ccc1Br. The molecular weight excluding hydrogens is 431 g/mol. The van der Waals surface area contributed by atoms with Gasteiger partial charge in [0.1, 0.15) is 0 Å². The van der Waals surface area contributed by atoms with E-state index in [4.69, 9.17) is 0 Å². The van der Waals surface area contributed by atoms with Gasteiger partial charge < -0.3 is 5.32 Å². The van der Waals surface area contributed by atoms with Crippen molar-refractivity contribution in [2.45, 2.75) is 18.6 Å². The molecule has 1 nitrogen and oxygen atoms in total. The highest BCUT2D eigenvalue weighted by Crippen LogP contribution is 2.36. The molecule has 0 amide bonds. The van der Waals surface area contributed by atoms with Crippen LogP contribution in [-0.4, -0.2) is 7.05 Å². The molecule has 1 atom stereocenters. The van der Waals surface area contributed by atoms with Crippen LogP contribution in [0.2, 0.25) is 0 Å². The first kappa shape index (κ1) is 17.0. The van der Waals surface area contributed by atoms with Crippen LogP contribution in [0.15, 0.2) is 38.6 Å². The third kappa shape index (κ3) is 4.09. The lowest BCUT2D eigenvalue weighted by Gasteiger charge is -2.19. The molecule has 114 valence electrons. The molecule has 2 rings (SSSR count). The second-order valence-electron chi connectivity index (χ2n) is 4.47. The van der Waals surface area contributed by atoms with Gasteiger partial charge in [-0.15, -0.1) is 11.3 Å². The van der Waals surface area contributed by atoms with Gasteiger partial charge in [-0.3, -0.25) is 0 Å². The number of hydrogen-bond donors (Lipinski definition) is 1. The van der Waals surface area contributed by atoms with Crippen LogP contribution in [0.4, 0.5) is 13.2 Å². The van der Waals surface area contributed by atoms with Gasteiger partial charge in [0.2, 0.25) is 0 Å². The Kier molecular flexibility index (Phi) is 5.51. The van der Waals surface area contributed by atoms with Gasteiger partial charge in [0.15, 0.2) is 0 Å². The molecule has 0 saturated carbocycles. The zero-order valence-corrected chi connectivity index (χ0v) is 15.0. The molecule has 0 radical (unpaired) electrons. The molecule has 0 spiro atoms. The number of alkyl halides is 3. The molecule has 0 aliphatic carbocycles. The highest BCUT2D eigenvalue weighted by atomic mass is 79.9. The lowest BCUT2D eigenvalue weighted by molar-refractivity contribution is -0.137. The average molecular weight is 443 g/mol. The molecular formula is C14H12Br2F3NS. The summed E-state index contributed by atoms with van der Waals surface area (Å²) in [5, 5.41) is 5.04. The van der Waals surface area contributed by atoms with Gasteiger partial charge in [-0.2, -0.15) is 13.2 Å². The van der Waals surface area contributed by atoms with E-state index in [2.05, 4.69) is 37.2 Å². The molecule has 1 N–H and O–H groups in total. The average Bonchev–Trinajstić information content (AvgIpc) is 2.81. The van der Waals surface area contributed by atoms with Crippen LogP contribution in [0, 0.1) is 0 Å². The van der Waals surface area contributed by atoms with E-state index in [9.17, 15) is 13.2 Å². The third-order valence-electron chi connectivity index (χ3n) is 3.13. The molecule has 2 aromatic rings. The molecule has 7 heteroatoms. The third-order valence-corrected chi connectivity index (χ3v) is 5.80. The topological polar surface area (TPSA) is 12.0 Å². The summed E-state index contributed by atoms with van der Waals surface area (Å²) in [6.07, 6.45) is -3.72. The normalized spacial score (nSPS) is 13.4. The molecule has 0 aliphatic heterocycles. The molecule has 1 unspecified atom stereocenters. The van der Waals surface area contributed by atoms with Crippen molar-refractivity contribution in [3.05, 3.63) is 54.6 Å². The van der Waals surface area contributed by atoms with Crippen LogP contribution in [0.1, 0.15) is 22.0 Å². The zero-order valence-electron chi connectivity index (χ0n) is 11.0. The molecule has 1 aromatic heterocycles. The van der Waals surface area contributed by atoms with E-state index in [1.807, 2.05) is 11.4 Å². The van der Waals surface area contributed by atoms with Gasteiger partial charge in [0.05, 0.1) is 5.56 Å². The molecule has 21 heavy (non-hydrogen) atoms.